The van der Waals surface area contributed by atoms with Crippen LogP contribution in [0.5, 0.6) is 5.75 Å². The fraction of sp³-hybridized carbons (Fsp3) is 0.588. The van der Waals surface area contributed by atoms with Gasteiger partial charge in [-0.2, -0.15) is 0 Å². The van der Waals surface area contributed by atoms with Gasteiger partial charge in [0.1, 0.15) is 12.4 Å². The van der Waals surface area contributed by atoms with Crippen LogP contribution in [-0.4, -0.2) is 25.6 Å². The highest BCUT2D eigenvalue weighted by Gasteiger charge is 2.01. The predicted molar refractivity (Wildman–Crippen MR) is 93.8 cm³/mol. The molecule has 0 fully saturated rings. The monoisotopic (exact) mass is 328 g/mol. The van der Waals surface area contributed by atoms with Gasteiger partial charge in [-0.1, -0.05) is 18.9 Å². The molecule has 1 rings (SSSR count). The van der Waals surface area contributed by atoms with E-state index in [1.165, 1.54) is 11.1 Å². The third kappa shape index (κ3) is 9.64. The van der Waals surface area contributed by atoms with E-state index in [-0.39, 0.29) is 18.3 Å². The first-order valence-electron chi connectivity index (χ1n) is 7.79. The first-order chi connectivity index (χ1) is 10.1. The van der Waals surface area contributed by atoms with Crippen molar-refractivity contribution < 1.29 is 9.53 Å². The maximum absolute atomic E-state index is 11.6. The molecule has 126 valence electrons. The van der Waals surface area contributed by atoms with Crippen LogP contribution in [0.3, 0.4) is 0 Å². The molecule has 0 unspecified atom stereocenters. The zero-order valence-electron chi connectivity index (χ0n) is 13.7. The number of carbonyl (C=O) groups is 1. The molecule has 1 amide bonds. The first kappa shape index (κ1) is 20.7. The van der Waals surface area contributed by atoms with E-state index < -0.39 is 0 Å². The summed E-state index contributed by atoms with van der Waals surface area (Å²) in [5.41, 5.74) is 7.80. The molecular weight excluding hydrogens is 300 g/mol. The summed E-state index contributed by atoms with van der Waals surface area (Å²) >= 11 is 0. The Kier molecular flexibility index (Phi) is 11.6. The maximum atomic E-state index is 11.6. The molecule has 0 aliphatic heterocycles. The Morgan fingerprint density at radius 1 is 1.09 bits per heavy atom. The summed E-state index contributed by atoms with van der Waals surface area (Å²) in [6.45, 7) is 5.89. The number of aryl methyl sites for hydroxylation is 2. The van der Waals surface area contributed by atoms with Crippen LogP contribution in [-0.2, 0) is 4.79 Å². The first-order valence-corrected chi connectivity index (χ1v) is 7.79. The molecule has 1 aromatic rings. The number of nitrogens with two attached hydrogens (primary N) is 1. The second kappa shape index (κ2) is 12.3. The molecule has 0 bridgehead atoms. The minimum atomic E-state index is 0. The van der Waals surface area contributed by atoms with Gasteiger partial charge in [0, 0.05) is 6.42 Å². The van der Waals surface area contributed by atoms with E-state index in [1.807, 2.05) is 26.0 Å². The van der Waals surface area contributed by atoms with E-state index in [4.69, 9.17) is 10.5 Å². The average molecular weight is 329 g/mol. The third-order valence-corrected chi connectivity index (χ3v) is 3.25. The van der Waals surface area contributed by atoms with Gasteiger partial charge in [0.05, 0.1) is 6.54 Å². The quantitative estimate of drug-likeness (QED) is 0.648. The number of halogens is 1. The number of hydrogen-bond donors (Lipinski definition) is 2. The van der Waals surface area contributed by atoms with Gasteiger partial charge < -0.3 is 15.8 Å². The summed E-state index contributed by atoms with van der Waals surface area (Å²) in [4.78, 5) is 11.6. The lowest BCUT2D eigenvalue weighted by Crippen LogP contribution is -2.27. The molecule has 1 aromatic carbocycles. The van der Waals surface area contributed by atoms with E-state index in [1.54, 1.807) is 0 Å². The molecule has 0 heterocycles. The van der Waals surface area contributed by atoms with Crippen LogP contribution in [0.1, 0.15) is 43.2 Å². The highest BCUT2D eigenvalue weighted by atomic mass is 35.5. The summed E-state index contributed by atoms with van der Waals surface area (Å²) in [6.07, 6.45) is 4.76. The van der Waals surface area contributed by atoms with Crippen molar-refractivity contribution in [3.8, 4) is 5.75 Å². The Morgan fingerprint density at radius 3 is 2.36 bits per heavy atom. The van der Waals surface area contributed by atoms with Crippen molar-refractivity contribution >= 4 is 18.3 Å². The molecule has 22 heavy (non-hydrogen) atoms. The minimum Gasteiger partial charge on any atom is -0.492 e. The largest absolute Gasteiger partial charge is 0.492 e. The standard InChI is InChI=1S/C17H28N2O2.ClH/c1-14-11-15(2)13-16(12-14)21-10-9-19-17(20)7-5-3-4-6-8-18;/h11-13H,3-10,18H2,1-2H3,(H,19,20);1H. The van der Waals surface area contributed by atoms with Crippen LogP contribution in [0.4, 0.5) is 0 Å². The van der Waals surface area contributed by atoms with Crippen molar-refractivity contribution in [2.75, 3.05) is 19.7 Å². The van der Waals surface area contributed by atoms with Gasteiger partial charge in [-0.05, 0) is 56.5 Å². The fourth-order valence-corrected chi connectivity index (χ4v) is 2.25. The van der Waals surface area contributed by atoms with Gasteiger partial charge in [-0.15, -0.1) is 12.4 Å². The summed E-state index contributed by atoms with van der Waals surface area (Å²) in [6, 6.07) is 6.12. The van der Waals surface area contributed by atoms with Gasteiger partial charge in [0.2, 0.25) is 5.91 Å². The number of carbonyl (C=O) groups excluding carboxylic acids is 1. The van der Waals surface area contributed by atoms with E-state index >= 15 is 0 Å². The van der Waals surface area contributed by atoms with Gasteiger partial charge in [0.15, 0.2) is 0 Å². The summed E-state index contributed by atoms with van der Waals surface area (Å²) in [5, 5.41) is 2.88. The Labute approximate surface area is 140 Å². The zero-order chi connectivity index (χ0) is 15.5. The third-order valence-electron chi connectivity index (χ3n) is 3.25. The number of unbranched alkanes of at least 4 members (excludes halogenated alkanes) is 3. The van der Waals surface area contributed by atoms with Crippen LogP contribution in [0.25, 0.3) is 0 Å². The summed E-state index contributed by atoms with van der Waals surface area (Å²) in [7, 11) is 0. The highest BCUT2D eigenvalue weighted by Crippen LogP contribution is 2.15. The Hall–Kier alpha value is -1.26. The van der Waals surface area contributed by atoms with Gasteiger partial charge in [-0.25, -0.2) is 0 Å². The lowest BCUT2D eigenvalue weighted by molar-refractivity contribution is -0.121. The average Bonchev–Trinajstić information content (AvgIpc) is 2.42. The fourth-order valence-electron chi connectivity index (χ4n) is 2.25. The summed E-state index contributed by atoms with van der Waals surface area (Å²) < 4.78 is 5.65. The molecule has 0 saturated heterocycles. The topological polar surface area (TPSA) is 64.3 Å². The Balaban J connectivity index is 0.00000441. The molecule has 0 aliphatic carbocycles. The lowest BCUT2D eigenvalue weighted by Gasteiger charge is -2.09. The molecule has 0 aromatic heterocycles. The van der Waals surface area contributed by atoms with E-state index in [0.717, 1.165) is 38.0 Å². The molecule has 0 spiro atoms. The van der Waals surface area contributed by atoms with Crippen molar-refractivity contribution in [1.82, 2.24) is 5.32 Å². The molecule has 0 saturated carbocycles. The number of benzene rings is 1. The van der Waals surface area contributed by atoms with Crippen molar-refractivity contribution in [3.63, 3.8) is 0 Å². The Morgan fingerprint density at radius 2 is 1.73 bits per heavy atom. The molecule has 5 heteroatoms. The predicted octanol–water partition coefficient (Wildman–Crippen LogP) is 3.13. The van der Waals surface area contributed by atoms with Crippen LogP contribution in [0.15, 0.2) is 18.2 Å². The van der Waals surface area contributed by atoms with Crippen LogP contribution in [0, 0.1) is 13.8 Å². The lowest BCUT2D eigenvalue weighted by atomic mass is 10.1. The number of amides is 1. The van der Waals surface area contributed by atoms with Crippen molar-refractivity contribution in [2.24, 2.45) is 5.73 Å². The minimum absolute atomic E-state index is 0. The number of nitrogens with one attached hydrogen (secondary N) is 1. The smallest absolute Gasteiger partial charge is 0.220 e. The van der Waals surface area contributed by atoms with Crippen molar-refractivity contribution in [3.05, 3.63) is 29.3 Å². The number of rotatable bonds is 10. The maximum Gasteiger partial charge on any atom is 0.220 e. The van der Waals surface area contributed by atoms with Gasteiger partial charge in [-0.3, -0.25) is 4.79 Å². The number of hydrogen-bond acceptors (Lipinski definition) is 3. The van der Waals surface area contributed by atoms with E-state index in [2.05, 4.69) is 11.4 Å². The van der Waals surface area contributed by atoms with Crippen molar-refractivity contribution in [2.45, 2.75) is 46.0 Å². The normalized spacial score (nSPS) is 9.95. The SMILES string of the molecule is Cc1cc(C)cc(OCCNC(=O)CCCCCCN)c1.Cl. The highest BCUT2D eigenvalue weighted by molar-refractivity contribution is 5.85. The van der Waals surface area contributed by atoms with Gasteiger partial charge >= 0.3 is 0 Å². The summed E-state index contributed by atoms with van der Waals surface area (Å²) in [5.74, 6) is 0.968. The van der Waals surface area contributed by atoms with E-state index in [9.17, 15) is 4.79 Å². The molecule has 0 aliphatic rings. The van der Waals surface area contributed by atoms with Crippen LogP contribution in [0.2, 0.25) is 0 Å². The second-order valence-corrected chi connectivity index (χ2v) is 5.47. The molecule has 3 N–H and O–H groups in total. The molecular formula is C17H29ClN2O2. The zero-order valence-corrected chi connectivity index (χ0v) is 14.5. The van der Waals surface area contributed by atoms with Gasteiger partial charge in [0.25, 0.3) is 0 Å². The molecule has 0 atom stereocenters. The molecule has 0 radical (unpaired) electrons. The number of ether oxygens (including phenoxy) is 1. The Bertz CT molecular complexity index is 418. The molecule has 4 nitrogen and oxygen atoms in total. The van der Waals surface area contributed by atoms with Crippen molar-refractivity contribution in [1.29, 1.82) is 0 Å². The van der Waals surface area contributed by atoms with E-state index in [0.29, 0.717) is 19.6 Å². The van der Waals surface area contributed by atoms with Crippen LogP contribution < -0.4 is 15.8 Å². The second-order valence-electron chi connectivity index (χ2n) is 5.47. The van der Waals surface area contributed by atoms with Crippen LogP contribution >= 0.6 is 12.4 Å².